The Morgan fingerprint density at radius 3 is 2.55 bits per heavy atom. The van der Waals surface area contributed by atoms with Crippen molar-refractivity contribution in [2.24, 2.45) is 5.73 Å². The summed E-state index contributed by atoms with van der Waals surface area (Å²) in [5.74, 6) is 0. The fraction of sp³-hybridized carbons (Fsp3) is 0.333. The summed E-state index contributed by atoms with van der Waals surface area (Å²) < 4.78 is 38.8. The number of aromatic nitrogens is 2. The molecule has 0 aliphatic heterocycles. The molecule has 2 aromatic rings. The van der Waals surface area contributed by atoms with E-state index in [1.807, 2.05) is 0 Å². The third-order valence-corrected chi connectivity index (χ3v) is 3.79. The van der Waals surface area contributed by atoms with Crippen molar-refractivity contribution in [3.05, 3.63) is 57.5 Å². The average Bonchev–Trinajstić information content (AvgIpc) is 2.46. The van der Waals surface area contributed by atoms with Crippen LogP contribution in [0.5, 0.6) is 0 Å². The van der Waals surface area contributed by atoms with E-state index in [0.717, 1.165) is 41.6 Å². The van der Waals surface area contributed by atoms with E-state index in [1.165, 1.54) is 18.2 Å². The molecule has 1 unspecified atom stereocenters. The van der Waals surface area contributed by atoms with Crippen LogP contribution in [0.15, 0.2) is 35.1 Å². The first-order chi connectivity index (χ1) is 10.4. The molecule has 0 spiro atoms. The van der Waals surface area contributed by atoms with E-state index in [0.29, 0.717) is 11.4 Å². The van der Waals surface area contributed by atoms with Crippen LogP contribution in [0.2, 0.25) is 0 Å². The molecule has 1 heterocycles. The Morgan fingerprint density at radius 1 is 1.23 bits per heavy atom. The number of benzene rings is 1. The zero-order valence-corrected chi connectivity index (χ0v) is 11.6. The van der Waals surface area contributed by atoms with Crippen molar-refractivity contribution >= 4 is 0 Å². The number of fused-ring (bicyclic) bond motifs is 1. The Morgan fingerprint density at radius 2 is 1.91 bits per heavy atom. The lowest BCUT2D eigenvalue weighted by Gasteiger charge is -2.21. The van der Waals surface area contributed by atoms with E-state index in [-0.39, 0.29) is 11.6 Å². The monoisotopic (exact) mass is 309 g/mol. The van der Waals surface area contributed by atoms with Crippen LogP contribution in [0.3, 0.4) is 0 Å². The van der Waals surface area contributed by atoms with Crippen molar-refractivity contribution in [2.45, 2.75) is 31.5 Å². The van der Waals surface area contributed by atoms with Crippen LogP contribution in [0, 0.1) is 0 Å². The molecule has 1 aromatic carbocycles. The maximum Gasteiger partial charge on any atom is 0.416 e. The molecule has 0 amide bonds. The molecule has 4 nitrogen and oxygen atoms in total. The number of hydrogen-bond donors (Lipinski definition) is 1. The van der Waals surface area contributed by atoms with Crippen LogP contribution < -0.4 is 11.3 Å². The summed E-state index contributed by atoms with van der Waals surface area (Å²) in [5.41, 5.74) is 6.63. The molecule has 7 heteroatoms. The van der Waals surface area contributed by atoms with Crippen LogP contribution in [0.4, 0.5) is 13.2 Å². The van der Waals surface area contributed by atoms with Gasteiger partial charge in [0.2, 0.25) is 0 Å². The largest absolute Gasteiger partial charge is 0.416 e. The summed E-state index contributed by atoms with van der Waals surface area (Å²) in [6, 6.07) is 5.56. The molecule has 116 valence electrons. The molecule has 1 aliphatic carbocycles. The van der Waals surface area contributed by atoms with E-state index in [1.54, 1.807) is 0 Å². The molecular weight excluding hydrogens is 295 g/mol. The Bertz CT molecular complexity index is 750. The zero-order chi connectivity index (χ0) is 15.9. The lowest BCUT2D eigenvalue weighted by atomic mass is 9.93. The Kier molecular flexibility index (Phi) is 3.52. The van der Waals surface area contributed by atoms with Crippen molar-refractivity contribution in [3.8, 4) is 5.69 Å². The fourth-order valence-electron chi connectivity index (χ4n) is 2.64. The second-order valence-corrected chi connectivity index (χ2v) is 5.35. The molecule has 1 atom stereocenters. The molecule has 3 rings (SSSR count). The standard InChI is InChI=1S/C15H14F3N3O/c16-15(17,18)10-4-6-11(7-5-10)21-13(22)8-9-2-1-3-12(19)14(9)20-21/h4-8,12H,1-3,19H2. The predicted octanol–water partition coefficient (Wildman–Crippen LogP) is 2.59. The van der Waals surface area contributed by atoms with Crippen molar-refractivity contribution in [1.29, 1.82) is 0 Å². The summed E-state index contributed by atoms with van der Waals surface area (Å²) in [7, 11) is 0. The Hall–Kier alpha value is -2.15. The van der Waals surface area contributed by atoms with Gasteiger partial charge in [0, 0.05) is 12.1 Å². The number of halogens is 3. The van der Waals surface area contributed by atoms with Gasteiger partial charge in [-0.25, -0.2) is 0 Å². The number of rotatable bonds is 1. The number of nitrogens with two attached hydrogens (primary N) is 1. The molecule has 22 heavy (non-hydrogen) atoms. The third kappa shape index (κ3) is 2.64. The number of aryl methyl sites for hydroxylation is 1. The number of nitrogens with zero attached hydrogens (tertiary/aromatic N) is 2. The van der Waals surface area contributed by atoms with Crippen LogP contribution >= 0.6 is 0 Å². The summed E-state index contributed by atoms with van der Waals surface area (Å²) in [6.45, 7) is 0. The summed E-state index contributed by atoms with van der Waals surface area (Å²) in [6.07, 6.45) is -1.97. The lowest BCUT2D eigenvalue weighted by molar-refractivity contribution is -0.137. The van der Waals surface area contributed by atoms with Gasteiger partial charge in [0.15, 0.2) is 0 Å². The molecule has 0 radical (unpaired) electrons. The highest BCUT2D eigenvalue weighted by molar-refractivity contribution is 5.36. The van der Waals surface area contributed by atoms with Crippen molar-refractivity contribution in [3.63, 3.8) is 0 Å². The highest BCUT2D eigenvalue weighted by Gasteiger charge is 2.30. The molecule has 1 aromatic heterocycles. The Labute approximate surface area is 124 Å². The number of alkyl halides is 3. The van der Waals surface area contributed by atoms with Gasteiger partial charge >= 0.3 is 6.18 Å². The van der Waals surface area contributed by atoms with Crippen LogP contribution in [0.25, 0.3) is 5.69 Å². The van der Waals surface area contributed by atoms with Gasteiger partial charge in [-0.2, -0.15) is 23.0 Å². The van der Waals surface area contributed by atoms with Gasteiger partial charge in [0.05, 0.1) is 16.9 Å². The first-order valence-electron chi connectivity index (χ1n) is 6.92. The summed E-state index contributed by atoms with van der Waals surface area (Å²) in [5, 5.41) is 4.25. The van der Waals surface area contributed by atoms with E-state index in [9.17, 15) is 18.0 Å². The van der Waals surface area contributed by atoms with Gasteiger partial charge in [-0.3, -0.25) is 4.79 Å². The first-order valence-corrected chi connectivity index (χ1v) is 6.92. The van der Waals surface area contributed by atoms with E-state index in [2.05, 4.69) is 5.10 Å². The first kappa shape index (κ1) is 14.8. The summed E-state index contributed by atoms with van der Waals surface area (Å²) >= 11 is 0. The van der Waals surface area contributed by atoms with Gasteiger partial charge in [-0.15, -0.1) is 0 Å². The molecule has 0 bridgehead atoms. The molecule has 0 saturated carbocycles. The lowest BCUT2D eigenvalue weighted by Crippen LogP contribution is -2.28. The topological polar surface area (TPSA) is 60.9 Å². The van der Waals surface area contributed by atoms with Crippen molar-refractivity contribution in [2.75, 3.05) is 0 Å². The zero-order valence-electron chi connectivity index (χ0n) is 11.6. The van der Waals surface area contributed by atoms with Crippen LogP contribution in [0.1, 0.15) is 35.7 Å². The minimum absolute atomic E-state index is 0.245. The van der Waals surface area contributed by atoms with Crippen LogP contribution in [-0.2, 0) is 12.6 Å². The molecule has 0 saturated heterocycles. The van der Waals surface area contributed by atoms with E-state index in [4.69, 9.17) is 5.73 Å². The maximum absolute atomic E-state index is 12.6. The van der Waals surface area contributed by atoms with E-state index >= 15 is 0 Å². The van der Waals surface area contributed by atoms with Gasteiger partial charge in [0.25, 0.3) is 5.56 Å². The van der Waals surface area contributed by atoms with Gasteiger partial charge in [0.1, 0.15) is 0 Å². The molecular formula is C15H14F3N3O. The second-order valence-electron chi connectivity index (χ2n) is 5.35. The van der Waals surface area contributed by atoms with Crippen molar-refractivity contribution < 1.29 is 13.2 Å². The van der Waals surface area contributed by atoms with E-state index < -0.39 is 11.7 Å². The minimum Gasteiger partial charge on any atom is -0.323 e. The number of hydrogen-bond acceptors (Lipinski definition) is 3. The highest BCUT2D eigenvalue weighted by Crippen LogP contribution is 2.29. The second kappa shape index (κ2) is 5.24. The smallest absolute Gasteiger partial charge is 0.323 e. The fourth-order valence-corrected chi connectivity index (χ4v) is 2.64. The maximum atomic E-state index is 12.6. The summed E-state index contributed by atoms with van der Waals surface area (Å²) in [4.78, 5) is 12.1. The normalized spacial score (nSPS) is 18.1. The molecule has 1 aliphatic rings. The molecule has 2 N–H and O–H groups in total. The minimum atomic E-state index is -4.41. The Balaban J connectivity index is 2.05. The highest BCUT2D eigenvalue weighted by atomic mass is 19.4. The quantitative estimate of drug-likeness (QED) is 0.881. The third-order valence-electron chi connectivity index (χ3n) is 3.79. The van der Waals surface area contributed by atoms with Gasteiger partial charge in [-0.1, -0.05) is 0 Å². The van der Waals surface area contributed by atoms with Gasteiger partial charge < -0.3 is 5.73 Å². The SMILES string of the molecule is NC1CCCc2cc(=O)n(-c3ccc(C(F)(F)F)cc3)nc21. The predicted molar refractivity (Wildman–Crippen MR) is 74.7 cm³/mol. The van der Waals surface area contributed by atoms with Crippen molar-refractivity contribution in [1.82, 2.24) is 9.78 Å². The van der Waals surface area contributed by atoms with Crippen LogP contribution in [-0.4, -0.2) is 9.78 Å². The van der Waals surface area contributed by atoms with Gasteiger partial charge in [-0.05, 0) is 49.1 Å². The average molecular weight is 309 g/mol. The molecule has 0 fully saturated rings.